The molecule has 2 saturated heterocycles. The van der Waals surface area contributed by atoms with Crippen molar-refractivity contribution in [3.63, 3.8) is 0 Å². The molecule has 0 saturated carbocycles. The summed E-state index contributed by atoms with van der Waals surface area (Å²) in [5.41, 5.74) is -0.324. The van der Waals surface area contributed by atoms with Crippen LogP contribution in [-0.2, 0) is 4.79 Å². The molecule has 2 aliphatic heterocycles. The Bertz CT molecular complexity index is 297. The molecule has 0 aromatic rings. The predicted molar refractivity (Wildman–Crippen MR) is 73.5 cm³/mol. The highest BCUT2D eigenvalue weighted by Crippen LogP contribution is 2.23. The SMILES string of the molecule is CN1CCN(CCC2CCCNC2)C(C)(C)C1=O. The van der Waals surface area contributed by atoms with Gasteiger partial charge in [0.25, 0.3) is 0 Å². The summed E-state index contributed by atoms with van der Waals surface area (Å²) in [4.78, 5) is 16.4. The van der Waals surface area contributed by atoms with E-state index in [1.54, 1.807) is 0 Å². The highest BCUT2D eigenvalue weighted by Gasteiger charge is 2.40. The van der Waals surface area contributed by atoms with E-state index in [0.29, 0.717) is 0 Å². The maximum absolute atomic E-state index is 12.2. The maximum atomic E-state index is 12.2. The molecule has 0 aromatic carbocycles. The molecule has 0 aromatic heterocycles. The Hall–Kier alpha value is -0.610. The Kier molecular flexibility index (Phi) is 4.28. The number of carbonyl (C=O) groups is 1. The van der Waals surface area contributed by atoms with Gasteiger partial charge in [0.1, 0.15) is 0 Å². The van der Waals surface area contributed by atoms with Gasteiger partial charge >= 0.3 is 0 Å². The minimum absolute atomic E-state index is 0.260. The lowest BCUT2D eigenvalue weighted by Gasteiger charge is -2.45. The average molecular weight is 253 g/mol. The van der Waals surface area contributed by atoms with E-state index in [0.717, 1.165) is 32.1 Å². The van der Waals surface area contributed by atoms with E-state index in [4.69, 9.17) is 0 Å². The van der Waals surface area contributed by atoms with Crippen LogP contribution in [0, 0.1) is 5.92 Å². The van der Waals surface area contributed by atoms with Crippen molar-refractivity contribution < 1.29 is 4.79 Å². The zero-order chi connectivity index (χ0) is 13.2. The first-order valence-electron chi connectivity index (χ1n) is 7.23. The van der Waals surface area contributed by atoms with Crippen LogP contribution in [0.15, 0.2) is 0 Å². The van der Waals surface area contributed by atoms with Gasteiger partial charge in [-0.15, -0.1) is 0 Å². The zero-order valence-corrected chi connectivity index (χ0v) is 12.0. The van der Waals surface area contributed by atoms with Crippen LogP contribution in [0.25, 0.3) is 0 Å². The Morgan fingerprint density at radius 1 is 1.39 bits per heavy atom. The van der Waals surface area contributed by atoms with Crippen LogP contribution in [0.3, 0.4) is 0 Å². The third-order valence-electron chi connectivity index (χ3n) is 4.57. The standard InChI is InChI=1S/C14H27N3O/c1-14(2)13(18)16(3)9-10-17(14)8-6-12-5-4-7-15-11-12/h12,15H,4-11H2,1-3H3. The fourth-order valence-electron chi connectivity index (χ4n) is 3.15. The lowest BCUT2D eigenvalue weighted by Crippen LogP contribution is -2.62. The third kappa shape index (κ3) is 2.86. The molecule has 2 fully saturated rings. The van der Waals surface area contributed by atoms with Gasteiger partial charge in [-0.3, -0.25) is 9.69 Å². The molecule has 0 bridgehead atoms. The second-order valence-electron chi connectivity index (χ2n) is 6.27. The van der Waals surface area contributed by atoms with Crippen LogP contribution in [0.2, 0.25) is 0 Å². The smallest absolute Gasteiger partial charge is 0.242 e. The van der Waals surface area contributed by atoms with Gasteiger partial charge < -0.3 is 10.2 Å². The topological polar surface area (TPSA) is 35.6 Å². The summed E-state index contributed by atoms with van der Waals surface area (Å²) in [7, 11) is 1.91. The molecular formula is C14H27N3O. The number of piperazine rings is 1. The van der Waals surface area contributed by atoms with Crippen molar-refractivity contribution in [3.05, 3.63) is 0 Å². The number of hydrogen-bond donors (Lipinski definition) is 1. The van der Waals surface area contributed by atoms with Crippen LogP contribution in [-0.4, -0.2) is 61.0 Å². The molecule has 2 heterocycles. The largest absolute Gasteiger partial charge is 0.343 e. The van der Waals surface area contributed by atoms with Gasteiger partial charge in [0.05, 0.1) is 5.54 Å². The van der Waals surface area contributed by atoms with Crippen molar-refractivity contribution in [1.82, 2.24) is 15.1 Å². The lowest BCUT2D eigenvalue weighted by atomic mass is 9.93. The summed E-state index contributed by atoms with van der Waals surface area (Å²) in [6.07, 6.45) is 3.86. The molecule has 0 radical (unpaired) electrons. The fraction of sp³-hybridized carbons (Fsp3) is 0.929. The minimum atomic E-state index is -0.324. The van der Waals surface area contributed by atoms with Crippen molar-refractivity contribution >= 4 is 5.91 Å². The Balaban J connectivity index is 1.86. The van der Waals surface area contributed by atoms with Gasteiger partial charge in [-0.1, -0.05) is 0 Å². The van der Waals surface area contributed by atoms with Crippen molar-refractivity contribution in [2.45, 2.75) is 38.6 Å². The van der Waals surface area contributed by atoms with E-state index < -0.39 is 0 Å². The summed E-state index contributed by atoms with van der Waals surface area (Å²) in [6.45, 7) is 9.38. The number of piperidine rings is 1. The molecule has 1 N–H and O–H groups in total. The molecule has 1 amide bonds. The molecule has 1 atom stereocenters. The van der Waals surface area contributed by atoms with Crippen molar-refractivity contribution in [1.29, 1.82) is 0 Å². The van der Waals surface area contributed by atoms with Crippen molar-refractivity contribution in [2.24, 2.45) is 5.92 Å². The van der Waals surface area contributed by atoms with E-state index >= 15 is 0 Å². The lowest BCUT2D eigenvalue weighted by molar-refractivity contribution is -0.147. The molecule has 0 aliphatic carbocycles. The van der Waals surface area contributed by atoms with Crippen LogP contribution < -0.4 is 5.32 Å². The summed E-state index contributed by atoms with van der Waals surface area (Å²) in [5, 5.41) is 3.47. The first-order chi connectivity index (χ1) is 8.51. The first kappa shape index (κ1) is 13.8. The van der Waals surface area contributed by atoms with Crippen molar-refractivity contribution in [3.8, 4) is 0 Å². The average Bonchev–Trinajstić information content (AvgIpc) is 2.37. The number of hydrogen-bond acceptors (Lipinski definition) is 3. The third-order valence-corrected chi connectivity index (χ3v) is 4.57. The normalized spacial score (nSPS) is 29.6. The Morgan fingerprint density at radius 3 is 2.83 bits per heavy atom. The monoisotopic (exact) mass is 253 g/mol. The molecule has 2 aliphatic rings. The van der Waals surface area contributed by atoms with Gasteiger partial charge in [0, 0.05) is 20.1 Å². The quantitative estimate of drug-likeness (QED) is 0.813. The van der Waals surface area contributed by atoms with Crippen LogP contribution >= 0.6 is 0 Å². The van der Waals surface area contributed by atoms with Gasteiger partial charge in [0.2, 0.25) is 5.91 Å². The molecule has 18 heavy (non-hydrogen) atoms. The molecule has 4 heteroatoms. The van der Waals surface area contributed by atoms with E-state index in [2.05, 4.69) is 24.1 Å². The molecular weight excluding hydrogens is 226 g/mol. The number of rotatable bonds is 3. The Labute approximate surface area is 111 Å². The number of likely N-dealkylation sites (N-methyl/N-ethyl adjacent to an activating group) is 1. The van der Waals surface area contributed by atoms with Crippen molar-refractivity contribution in [2.75, 3.05) is 39.8 Å². The number of carbonyl (C=O) groups excluding carboxylic acids is 1. The summed E-state index contributed by atoms with van der Waals surface area (Å²) >= 11 is 0. The predicted octanol–water partition coefficient (Wildman–Crippen LogP) is 0.929. The second-order valence-corrected chi connectivity index (χ2v) is 6.27. The zero-order valence-electron chi connectivity index (χ0n) is 12.0. The van der Waals surface area contributed by atoms with E-state index in [-0.39, 0.29) is 11.4 Å². The van der Waals surface area contributed by atoms with E-state index in [9.17, 15) is 4.79 Å². The van der Waals surface area contributed by atoms with E-state index in [1.165, 1.54) is 25.8 Å². The van der Waals surface area contributed by atoms with Crippen LogP contribution in [0.4, 0.5) is 0 Å². The molecule has 0 spiro atoms. The molecule has 2 rings (SSSR count). The second kappa shape index (κ2) is 5.57. The van der Waals surface area contributed by atoms with E-state index in [1.807, 2.05) is 11.9 Å². The highest BCUT2D eigenvalue weighted by molar-refractivity contribution is 5.86. The number of nitrogens with zero attached hydrogens (tertiary/aromatic N) is 2. The minimum Gasteiger partial charge on any atom is -0.343 e. The van der Waals surface area contributed by atoms with Gasteiger partial charge in [-0.25, -0.2) is 0 Å². The fourth-order valence-corrected chi connectivity index (χ4v) is 3.15. The van der Waals surface area contributed by atoms with Crippen LogP contribution in [0.1, 0.15) is 33.1 Å². The first-order valence-corrected chi connectivity index (χ1v) is 7.23. The van der Waals surface area contributed by atoms with Gasteiger partial charge in [-0.2, -0.15) is 0 Å². The Morgan fingerprint density at radius 2 is 2.17 bits per heavy atom. The number of nitrogens with one attached hydrogen (secondary N) is 1. The summed E-state index contributed by atoms with van der Waals surface area (Å²) in [5.74, 6) is 1.06. The van der Waals surface area contributed by atoms with Crippen LogP contribution in [0.5, 0.6) is 0 Å². The molecule has 4 nitrogen and oxygen atoms in total. The molecule has 1 unspecified atom stereocenters. The maximum Gasteiger partial charge on any atom is 0.242 e. The van der Waals surface area contributed by atoms with Gasteiger partial charge in [-0.05, 0) is 58.7 Å². The molecule has 104 valence electrons. The summed E-state index contributed by atoms with van der Waals surface area (Å²) < 4.78 is 0. The highest BCUT2D eigenvalue weighted by atomic mass is 16.2. The van der Waals surface area contributed by atoms with Gasteiger partial charge in [0.15, 0.2) is 0 Å². The number of amides is 1. The summed E-state index contributed by atoms with van der Waals surface area (Å²) in [6, 6.07) is 0.